The largest absolute Gasteiger partial charge is 0.400 e. The Morgan fingerprint density at radius 1 is 0.451 bits per heavy atom. The van der Waals surface area contributed by atoms with Crippen molar-refractivity contribution in [2.75, 3.05) is 192 Å². The molecule has 9 aliphatic heterocycles. The van der Waals surface area contributed by atoms with Gasteiger partial charge in [-0.05, 0) is 34.6 Å². The van der Waals surface area contributed by atoms with Crippen LogP contribution in [0, 0.1) is 10.8 Å². The van der Waals surface area contributed by atoms with Crippen molar-refractivity contribution in [3.63, 3.8) is 0 Å². The van der Waals surface area contributed by atoms with Gasteiger partial charge in [-0.1, -0.05) is 0 Å². The van der Waals surface area contributed by atoms with Crippen molar-refractivity contribution in [3.8, 4) is 0 Å². The Morgan fingerprint density at radius 3 is 0.901 bits per heavy atom. The van der Waals surface area contributed by atoms with E-state index in [4.69, 9.17) is 61.9 Å². The van der Waals surface area contributed by atoms with Gasteiger partial charge in [0.2, 0.25) is 0 Å². The van der Waals surface area contributed by atoms with E-state index >= 15 is 0 Å². The molecule has 9 aliphatic rings. The lowest BCUT2D eigenvalue weighted by Crippen LogP contribution is -2.44. The first-order chi connectivity index (χ1) is 34.2. The summed E-state index contributed by atoms with van der Waals surface area (Å²) in [5.41, 5.74) is -1.12. The third kappa shape index (κ3) is 26.2. The Balaban J connectivity index is 0.000000230. The molecule has 6 N–H and O–H groups in total. The first-order valence-electron chi connectivity index (χ1n) is 26.2. The van der Waals surface area contributed by atoms with Gasteiger partial charge in [0.15, 0.2) is 6.29 Å². The van der Waals surface area contributed by atoms with Crippen LogP contribution in [0.2, 0.25) is 0 Å². The van der Waals surface area contributed by atoms with E-state index in [1.807, 2.05) is 0 Å². The zero-order valence-corrected chi connectivity index (χ0v) is 43.7. The maximum atomic E-state index is 10.5. The molecule has 0 radical (unpaired) electrons. The lowest BCUT2D eigenvalue weighted by molar-refractivity contribution is -0.132. The van der Waals surface area contributed by atoms with E-state index in [9.17, 15) is 20.4 Å². The van der Waals surface area contributed by atoms with Gasteiger partial charge in [-0.2, -0.15) is 0 Å². The maximum Gasteiger partial charge on any atom is 0.181 e. The van der Waals surface area contributed by atoms with Crippen molar-refractivity contribution in [2.45, 2.75) is 114 Å². The molecule has 22 heteroatoms. The topological polar surface area (TPSA) is 259 Å². The first kappa shape index (κ1) is 59.4. The highest BCUT2D eigenvalue weighted by Gasteiger charge is 2.40. The van der Waals surface area contributed by atoms with Crippen molar-refractivity contribution >= 4 is 0 Å². The Bertz CT molecular complexity index is 1280. The zero-order chi connectivity index (χ0) is 50.8. The van der Waals surface area contributed by atoms with E-state index in [2.05, 4.69) is 59.5 Å². The molecule has 71 heavy (non-hydrogen) atoms. The summed E-state index contributed by atoms with van der Waals surface area (Å²) >= 11 is 0. The van der Waals surface area contributed by atoms with Gasteiger partial charge in [0.05, 0.1) is 154 Å². The summed E-state index contributed by atoms with van der Waals surface area (Å²) in [7, 11) is 1.00. The van der Waals surface area contributed by atoms with E-state index in [-0.39, 0.29) is 82.9 Å². The van der Waals surface area contributed by atoms with Crippen LogP contribution in [0.4, 0.5) is 0 Å². The molecule has 17 atom stereocenters. The number of nitrogens with one attached hydrogen (secondary N) is 1. The van der Waals surface area contributed by atoms with Gasteiger partial charge < -0.3 is 87.7 Å². The number of β-amino-alcohol motifs (C(OH)–C–C–N with tert-alkyl or cyclic N) is 4. The van der Waals surface area contributed by atoms with Crippen molar-refractivity contribution in [3.05, 3.63) is 0 Å². The minimum absolute atomic E-state index is 0.102. The molecule has 9 saturated heterocycles. The molecular weight excluding hydrogens is 931 g/mol. The molecule has 9 rings (SSSR count). The maximum absolute atomic E-state index is 10.5. The number of nitrogens with zero attached hydrogens (tertiary/aromatic N) is 4. The molecular formula is C49H93N5O17. The SMILES string of the molecule is C(OCC(COCC1CO1)(COCC1CO1)COC1CO1)C1CO1.CC1CN1.CC1CN1CC(O)COCC(COCC(O)CN1CC1C)(COCC(O)CN1CC1C)COCC(O)CN1CC1C.CO. The Kier molecular flexibility index (Phi) is 25.2. The number of rotatable bonds is 39. The highest BCUT2D eigenvalue weighted by molar-refractivity contribution is 4.90. The monoisotopic (exact) mass is 1020 g/mol. The molecule has 0 aromatic rings. The van der Waals surface area contributed by atoms with Crippen LogP contribution < -0.4 is 5.32 Å². The number of aliphatic hydroxyl groups is 5. The predicted molar refractivity (Wildman–Crippen MR) is 259 cm³/mol. The summed E-state index contributed by atoms with van der Waals surface area (Å²) in [5.74, 6) is 0. The summed E-state index contributed by atoms with van der Waals surface area (Å²) in [5, 5.41) is 52.0. The first-order valence-corrected chi connectivity index (χ1v) is 26.2. The molecule has 9 fully saturated rings. The second-order valence-corrected chi connectivity index (χ2v) is 21.7. The van der Waals surface area contributed by atoms with E-state index in [1.54, 1.807) is 0 Å². The van der Waals surface area contributed by atoms with Crippen molar-refractivity contribution in [1.29, 1.82) is 0 Å². The highest BCUT2D eigenvalue weighted by atomic mass is 16.8. The van der Waals surface area contributed by atoms with Crippen LogP contribution in [0.25, 0.3) is 0 Å². The smallest absolute Gasteiger partial charge is 0.181 e. The van der Waals surface area contributed by atoms with Crippen molar-refractivity contribution in [2.24, 2.45) is 10.8 Å². The summed E-state index contributed by atoms with van der Waals surface area (Å²) in [6.07, 6.45) is -1.83. The summed E-state index contributed by atoms with van der Waals surface area (Å²) in [6, 6.07) is 2.84. The summed E-state index contributed by atoms with van der Waals surface area (Å²) < 4.78 is 68.2. The Morgan fingerprint density at radius 2 is 0.690 bits per heavy atom. The van der Waals surface area contributed by atoms with E-state index in [0.717, 1.165) is 59.2 Å². The fraction of sp³-hybridized carbons (Fsp3) is 1.00. The molecule has 0 aromatic carbocycles. The van der Waals surface area contributed by atoms with Gasteiger partial charge in [0, 0.05) is 96.2 Å². The Labute approximate surface area is 422 Å². The van der Waals surface area contributed by atoms with Gasteiger partial charge in [-0.3, -0.25) is 19.6 Å². The second kappa shape index (κ2) is 30.2. The van der Waals surface area contributed by atoms with Crippen LogP contribution >= 0.6 is 0 Å². The standard InChI is InChI=1S/C29H56N4O8.C16H26O8.C3H7N.CH4O/c1-21-5-30(21)9-25(34)13-38-17-29(18-39-14-26(35)10-31-6-22(31)2,19-40-15-27(36)11-32-7-23(32)3)20-41-16-28(37)12-33-8-24(33)4;1(12-4-20-12)17-8-16(11-24-15-7-23-15,9-18-2-13-5-21-13)10-19-3-14-6-22-14;1-3-2-4-3;1-2/h21-28,34-37H,5-20H2,1-4H3;12-15H,1-11H2;3-4H,2H2,1H3;2H,1H3. The third-order valence-electron chi connectivity index (χ3n) is 13.4. The molecule has 416 valence electrons. The number of hydrogen-bond donors (Lipinski definition) is 6. The van der Waals surface area contributed by atoms with E-state index in [1.165, 1.54) is 6.54 Å². The van der Waals surface area contributed by atoms with Crippen LogP contribution in [0.5, 0.6) is 0 Å². The zero-order valence-electron chi connectivity index (χ0n) is 43.7. The highest BCUT2D eigenvalue weighted by Crippen LogP contribution is 2.27. The van der Waals surface area contributed by atoms with Crippen LogP contribution in [0.15, 0.2) is 0 Å². The Hall–Kier alpha value is -0.880. The molecule has 9 heterocycles. The van der Waals surface area contributed by atoms with E-state index < -0.39 is 29.8 Å². The summed E-state index contributed by atoms with van der Waals surface area (Å²) in [6.45, 7) is 26.4. The fourth-order valence-electron chi connectivity index (χ4n) is 7.86. The third-order valence-corrected chi connectivity index (χ3v) is 13.4. The average Bonchev–Trinajstić information content (AvgIpc) is 4.12. The van der Waals surface area contributed by atoms with Gasteiger partial charge in [-0.15, -0.1) is 0 Å². The van der Waals surface area contributed by atoms with Crippen LogP contribution in [0.3, 0.4) is 0 Å². The minimum Gasteiger partial charge on any atom is -0.400 e. The molecule has 0 aromatic heterocycles. The minimum atomic E-state index is -0.750. The van der Waals surface area contributed by atoms with Gasteiger partial charge >= 0.3 is 0 Å². The normalized spacial score (nSPS) is 35.3. The second-order valence-electron chi connectivity index (χ2n) is 21.7. The van der Waals surface area contributed by atoms with Crippen molar-refractivity contribution in [1.82, 2.24) is 24.9 Å². The number of epoxide rings is 4. The van der Waals surface area contributed by atoms with Crippen molar-refractivity contribution < 1.29 is 82.4 Å². The van der Waals surface area contributed by atoms with Crippen LogP contribution in [0.1, 0.15) is 34.6 Å². The lowest BCUT2D eigenvalue weighted by atomic mass is 9.92. The molecule has 0 spiro atoms. The lowest BCUT2D eigenvalue weighted by Gasteiger charge is -2.34. The number of hydrogen-bond acceptors (Lipinski definition) is 22. The molecule has 0 saturated carbocycles. The van der Waals surface area contributed by atoms with Gasteiger partial charge in [0.1, 0.15) is 24.9 Å². The number of ether oxygens (including phenoxy) is 12. The summed E-state index contributed by atoms with van der Waals surface area (Å²) in [4.78, 5) is 8.74. The quantitative estimate of drug-likeness (QED) is 0.0347. The molecule has 17 unspecified atom stereocenters. The van der Waals surface area contributed by atoms with Gasteiger partial charge in [-0.25, -0.2) is 0 Å². The average molecular weight is 1020 g/mol. The molecule has 0 aliphatic carbocycles. The molecule has 22 nitrogen and oxygen atoms in total. The van der Waals surface area contributed by atoms with Gasteiger partial charge in [0.25, 0.3) is 0 Å². The fourth-order valence-corrected chi connectivity index (χ4v) is 7.86. The molecule has 0 amide bonds. The van der Waals surface area contributed by atoms with E-state index in [0.29, 0.717) is 103 Å². The predicted octanol–water partition coefficient (Wildman–Crippen LogP) is -2.52. The number of aliphatic hydroxyl groups excluding tert-OH is 5. The van der Waals surface area contributed by atoms with Crippen LogP contribution in [-0.2, 0) is 56.8 Å². The van der Waals surface area contributed by atoms with Crippen LogP contribution in [-0.4, -0.2) is 316 Å². The molecule has 0 bridgehead atoms.